The topological polar surface area (TPSA) is 48.5 Å². The van der Waals surface area contributed by atoms with E-state index in [1.54, 1.807) is 6.20 Å². The zero-order valence-corrected chi connectivity index (χ0v) is 11.1. The van der Waals surface area contributed by atoms with Gasteiger partial charge in [-0.05, 0) is 30.5 Å². The summed E-state index contributed by atoms with van der Waals surface area (Å²) in [4.78, 5) is 0. The van der Waals surface area contributed by atoms with Crippen LogP contribution < -0.4 is 0 Å². The van der Waals surface area contributed by atoms with E-state index in [-0.39, 0.29) is 0 Å². The minimum absolute atomic E-state index is 0.592. The Morgan fingerprint density at radius 3 is 2.95 bits per heavy atom. The van der Waals surface area contributed by atoms with Gasteiger partial charge in [-0.3, -0.25) is 4.68 Å². The van der Waals surface area contributed by atoms with E-state index in [0.29, 0.717) is 6.04 Å². The number of hydrogen-bond acceptors (Lipinski definition) is 3. The van der Waals surface area contributed by atoms with Gasteiger partial charge in [0.15, 0.2) is 5.82 Å². The molecular weight excluding hydrogens is 250 g/mol. The third kappa shape index (κ3) is 2.11. The molecule has 1 fully saturated rings. The predicted molar refractivity (Wildman–Crippen MR) is 75.1 cm³/mol. The number of benzene rings is 1. The standard InChI is InChI=1S/C15H15N5/c1-3-12(10-19-8-2-7-17-19)9-13(4-1)15-18-16-11-20(15)14-5-6-14/h1-4,7-9,11,14H,5-6,10H2. The van der Waals surface area contributed by atoms with Crippen LogP contribution in [0.1, 0.15) is 24.4 Å². The SMILES string of the molecule is c1cc(Cn2cccn2)cc(-c2nncn2C2CC2)c1. The summed E-state index contributed by atoms with van der Waals surface area (Å²) in [6.07, 6.45) is 8.08. The lowest BCUT2D eigenvalue weighted by Gasteiger charge is -2.07. The summed E-state index contributed by atoms with van der Waals surface area (Å²) in [6, 6.07) is 11.0. The maximum absolute atomic E-state index is 4.28. The highest BCUT2D eigenvalue weighted by Crippen LogP contribution is 2.37. The maximum atomic E-state index is 4.28. The second kappa shape index (κ2) is 4.59. The summed E-state index contributed by atoms with van der Waals surface area (Å²) in [5, 5.41) is 12.6. The highest BCUT2D eigenvalue weighted by Gasteiger charge is 2.26. The molecule has 5 nitrogen and oxygen atoms in total. The van der Waals surface area contributed by atoms with E-state index >= 15 is 0 Å². The molecular formula is C15H15N5. The molecule has 0 unspecified atom stereocenters. The van der Waals surface area contributed by atoms with Crippen LogP contribution in [0.2, 0.25) is 0 Å². The third-order valence-corrected chi connectivity index (χ3v) is 3.60. The van der Waals surface area contributed by atoms with Gasteiger partial charge in [-0.1, -0.05) is 18.2 Å². The summed E-state index contributed by atoms with van der Waals surface area (Å²) < 4.78 is 4.11. The van der Waals surface area contributed by atoms with Crippen LogP contribution in [0.4, 0.5) is 0 Å². The van der Waals surface area contributed by atoms with Gasteiger partial charge in [0.25, 0.3) is 0 Å². The minimum Gasteiger partial charge on any atom is -0.310 e. The van der Waals surface area contributed by atoms with Gasteiger partial charge >= 0.3 is 0 Å². The summed E-state index contributed by atoms with van der Waals surface area (Å²) in [7, 11) is 0. The Balaban J connectivity index is 1.66. The van der Waals surface area contributed by atoms with Gasteiger partial charge in [0.2, 0.25) is 0 Å². The molecule has 1 aliphatic rings. The molecule has 0 spiro atoms. The van der Waals surface area contributed by atoms with Crippen LogP contribution in [0.5, 0.6) is 0 Å². The van der Waals surface area contributed by atoms with Crippen LogP contribution in [-0.2, 0) is 6.54 Å². The molecule has 5 heteroatoms. The minimum atomic E-state index is 0.592. The van der Waals surface area contributed by atoms with Gasteiger partial charge in [-0.15, -0.1) is 10.2 Å². The lowest BCUT2D eigenvalue weighted by atomic mass is 10.1. The number of aromatic nitrogens is 5. The van der Waals surface area contributed by atoms with Crippen molar-refractivity contribution in [2.24, 2.45) is 0 Å². The quantitative estimate of drug-likeness (QED) is 0.728. The summed E-state index contributed by atoms with van der Waals surface area (Å²) in [5.41, 5.74) is 2.34. The van der Waals surface area contributed by atoms with Crippen molar-refractivity contribution in [2.45, 2.75) is 25.4 Å². The molecule has 0 bridgehead atoms. The van der Waals surface area contributed by atoms with E-state index in [1.807, 2.05) is 23.3 Å². The molecule has 100 valence electrons. The fourth-order valence-corrected chi connectivity index (χ4v) is 2.46. The Bertz CT molecular complexity index is 709. The van der Waals surface area contributed by atoms with Gasteiger partial charge in [0.1, 0.15) is 6.33 Å². The largest absolute Gasteiger partial charge is 0.310 e. The van der Waals surface area contributed by atoms with Crippen molar-refractivity contribution in [3.8, 4) is 11.4 Å². The maximum Gasteiger partial charge on any atom is 0.164 e. The van der Waals surface area contributed by atoms with Crippen LogP contribution in [0.3, 0.4) is 0 Å². The summed E-state index contributed by atoms with van der Waals surface area (Å²) >= 11 is 0. The lowest BCUT2D eigenvalue weighted by Crippen LogP contribution is -2.01. The van der Waals surface area contributed by atoms with E-state index in [1.165, 1.54) is 18.4 Å². The monoisotopic (exact) mass is 265 g/mol. The number of hydrogen-bond donors (Lipinski definition) is 0. The van der Waals surface area contributed by atoms with Gasteiger partial charge in [-0.25, -0.2) is 0 Å². The first-order valence-electron chi connectivity index (χ1n) is 6.86. The average molecular weight is 265 g/mol. The molecule has 2 aromatic heterocycles. The van der Waals surface area contributed by atoms with E-state index < -0.39 is 0 Å². The molecule has 1 saturated carbocycles. The molecule has 0 radical (unpaired) electrons. The first kappa shape index (κ1) is 11.4. The smallest absolute Gasteiger partial charge is 0.164 e. The molecule has 1 aliphatic carbocycles. The second-order valence-corrected chi connectivity index (χ2v) is 5.20. The molecule has 4 rings (SSSR count). The Kier molecular flexibility index (Phi) is 2.62. The van der Waals surface area contributed by atoms with E-state index in [2.05, 4.69) is 44.1 Å². The summed E-state index contributed by atoms with van der Waals surface area (Å²) in [6.45, 7) is 0.776. The Hall–Kier alpha value is -2.43. The van der Waals surface area contributed by atoms with Gasteiger partial charge in [0.05, 0.1) is 6.54 Å². The fourth-order valence-electron chi connectivity index (χ4n) is 2.46. The van der Waals surface area contributed by atoms with E-state index in [4.69, 9.17) is 0 Å². The molecule has 3 aromatic rings. The molecule has 0 saturated heterocycles. The first-order valence-corrected chi connectivity index (χ1v) is 6.86. The highest BCUT2D eigenvalue weighted by atomic mass is 15.3. The van der Waals surface area contributed by atoms with Gasteiger partial charge in [-0.2, -0.15) is 5.10 Å². The molecule has 0 amide bonds. The molecule has 0 atom stereocenters. The fraction of sp³-hybridized carbons (Fsp3) is 0.267. The molecule has 0 aliphatic heterocycles. The van der Waals surface area contributed by atoms with Crippen LogP contribution in [0, 0.1) is 0 Å². The Labute approximate surface area is 116 Å². The first-order chi connectivity index (χ1) is 9.90. The molecule has 20 heavy (non-hydrogen) atoms. The predicted octanol–water partition coefficient (Wildman–Crippen LogP) is 2.52. The second-order valence-electron chi connectivity index (χ2n) is 5.20. The van der Waals surface area contributed by atoms with Crippen molar-refractivity contribution in [1.29, 1.82) is 0 Å². The Morgan fingerprint density at radius 2 is 2.15 bits per heavy atom. The summed E-state index contributed by atoms with van der Waals surface area (Å²) in [5.74, 6) is 0.967. The van der Waals surface area contributed by atoms with Crippen molar-refractivity contribution in [3.63, 3.8) is 0 Å². The Morgan fingerprint density at radius 1 is 1.20 bits per heavy atom. The van der Waals surface area contributed by atoms with Gasteiger partial charge in [0, 0.05) is 24.0 Å². The molecule has 1 aromatic carbocycles. The number of nitrogens with zero attached hydrogens (tertiary/aromatic N) is 5. The third-order valence-electron chi connectivity index (χ3n) is 3.60. The van der Waals surface area contributed by atoms with Crippen molar-refractivity contribution in [3.05, 3.63) is 54.6 Å². The van der Waals surface area contributed by atoms with Crippen molar-refractivity contribution < 1.29 is 0 Å². The zero-order valence-electron chi connectivity index (χ0n) is 11.1. The van der Waals surface area contributed by atoms with Crippen LogP contribution in [0.25, 0.3) is 11.4 Å². The van der Waals surface area contributed by atoms with E-state index in [0.717, 1.165) is 17.9 Å². The van der Waals surface area contributed by atoms with Crippen LogP contribution in [0.15, 0.2) is 49.1 Å². The zero-order chi connectivity index (χ0) is 13.4. The average Bonchev–Trinajstić information content (AvgIpc) is 2.99. The van der Waals surface area contributed by atoms with Crippen LogP contribution in [-0.4, -0.2) is 24.5 Å². The normalized spacial score (nSPS) is 14.6. The molecule has 0 N–H and O–H groups in total. The van der Waals surface area contributed by atoms with Crippen molar-refractivity contribution in [2.75, 3.05) is 0 Å². The van der Waals surface area contributed by atoms with E-state index in [9.17, 15) is 0 Å². The van der Waals surface area contributed by atoms with Crippen molar-refractivity contribution >= 4 is 0 Å². The molecule has 2 heterocycles. The van der Waals surface area contributed by atoms with Crippen LogP contribution >= 0.6 is 0 Å². The van der Waals surface area contributed by atoms with Crippen molar-refractivity contribution in [1.82, 2.24) is 24.5 Å². The number of rotatable bonds is 4. The highest BCUT2D eigenvalue weighted by molar-refractivity contribution is 5.56. The van der Waals surface area contributed by atoms with Gasteiger partial charge < -0.3 is 4.57 Å². The lowest BCUT2D eigenvalue weighted by molar-refractivity contribution is 0.686.